The average molecular weight is 575 g/mol. The normalized spacial score (nSPS) is 15.3. The van der Waals surface area contributed by atoms with Gasteiger partial charge in [0.05, 0.1) is 12.2 Å². The number of hydrogen-bond donors (Lipinski definition) is 1. The number of carbonyl (C=O) groups is 1. The van der Waals surface area contributed by atoms with Crippen LogP contribution in [0.4, 0.5) is 18.9 Å². The minimum absolute atomic E-state index is 0.0298. The van der Waals surface area contributed by atoms with Gasteiger partial charge in [-0.05, 0) is 60.2 Å². The Balaban J connectivity index is 1.73. The van der Waals surface area contributed by atoms with Crippen molar-refractivity contribution in [3.63, 3.8) is 0 Å². The summed E-state index contributed by atoms with van der Waals surface area (Å²) < 4.78 is 46.1. The molecule has 0 radical (unpaired) electrons. The lowest BCUT2D eigenvalue weighted by Gasteiger charge is -2.38. The van der Waals surface area contributed by atoms with E-state index in [1.165, 1.54) is 6.07 Å². The van der Waals surface area contributed by atoms with E-state index in [1.807, 2.05) is 11.0 Å². The number of piperazine rings is 1. The second kappa shape index (κ2) is 13.9. The highest BCUT2D eigenvalue weighted by atomic mass is 35.5. The third-order valence-corrected chi connectivity index (χ3v) is 7.32. The Hall–Kier alpha value is -2.00. The van der Waals surface area contributed by atoms with E-state index >= 15 is 0 Å². The number of nitrogens with one attached hydrogen (secondary N) is 1. The van der Waals surface area contributed by atoms with E-state index in [4.69, 9.17) is 27.9 Å². The lowest BCUT2D eigenvalue weighted by Crippen LogP contribution is -2.49. The van der Waals surface area contributed by atoms with Crippen LogP contribution >= 0.6 is 23.2 Å². The smallest absolute Gasteiger partial charge is 0.383 e. The molecule has 10 heteroatoms. The van der Waals surface area contributed by atoms with Gasteiger partial charge in [-0.15, -0.1) is 0 Å². The van der Waals surface area contributed by atoms with Gasteiger partial charge in [-0.1, -0.05) is 43.1 Å². The maximum Gasteiger partial charge on any atom is 0.416 e. The zero-order chi connectivity index (χ0) is 27.9. The lowest BCUT2D eigenvalue weighted by atomic mass is 9.93. The van der Waals surface area contributed by atoms with Crippen LogP contribution in [0, 0.1) is 5.92 Å². The van der Waals surface area contributed by atoms with Crippen LogP contribution < -0.4 is 10.2 Å². The molecule has 0 aliphatic carbocycles. The SMILES string of the molecule is COCCN[C@@H](CC(C)C)c1cc(C(F)(F)F)ccc1N1CCN(C(=O)CCc2ccc(Cl)cc2Cl)CC1. The summed E-state index contributed by atoms with van der Waals surface area (Å²) in [6.45, 7) is 7.18. The zero-order valence-electron chi connectivity index (χ0n) is 22.1. The van der Waals surface area contributed by atoms with Crippen molar-refractivity contribution in [1.29, 1.82) is 0 Å². The highest BCUT2D eigenvalue weighted by molar-refractivity contribution is 6.35. The number of nitrogens with zero attached hydrogens (tertiary/aromatic N) is 2. The highest BCUT2D eigenvalue weighted by Gasteiger charge is 2.33. The summed E-state index contributed by atoms with van der Waals surface area (Å²) in [7, 11) is 1.60. The molecule has 1 aliphatic heterocycles. The van der Waals surface area contributed by atoms with Gasteiger partial charge in [-0.2, -0.15) is 13.2 Å². The fourth-order valence-corrected chi connectivity index (χ4v) is 5.25. The number of ether oxygens (including phenoxy) is 1. The summed E-state index contributed by atoms with van der Waals surface area (Å²) in [5.74, 6) is 0.309. The molecule has 1 amide bonds. The topological polar surface area (TPSA) is 44.8 Å². The van der Waals surface area contributed by atoms with Crippen LogP contribution in [-0.4, -0.2) is 57.2 Å². The molecule has 3 rings (SSSR count). The predicted octanol–water partition coefficient (Wildman–Crippen LogP) is 6.62. The molecule has 38 heavy (non-hydrogen) atoms. The Morgan fingerprint density at radius 2 is 1.79 bits per heavy atom. The Kier molecular flexibility index (Phi) is 11.2. The van der Waals surface area contributed by atoms with Gasteiger partial charge in [0, 0.05) is 68.0 Å². The van der Waals surface area contributed by atoms with Gasteiger partial charge in [0.1, 0.15) is 0 Å². The van der Waals surface area contributed by atoms with Gasteiger partial charge in [0.25, 0.3) is 0 Å². The van der Waals surface area contributed by atoms with Crippen LogP contribution in [0.1, 0.15) is 49.4 Å². The van der Waals surface area contributed by atoms with Crippen molar-refractivity contribution in [2.24, 2.45) is 5.92 Å². The molecular formula is C28H36Cl2F3N3O2. The average Bonchev–Trinajstić information content (AvgIpc) is 2.86. The summed E-state index contributed by atoms with van der Waals surface area (Å²) in [5, 5.41) is 4.48. The molecule has 1 N–H and O–H groups in total. The van der Waals surface area contributed by atoms with Crippen LogP contribution in [0.3, 0.4) is 0 Å². The number of hydrogen-bond acceptors (Lipinski definition) is 4. The Bertz CT molecular complexity index is 1070. The molecule has 0 bridgehead atoms. The van der Waals surface area contributed by atoms with Crippen LogP contribution in [0.15, 0.2) is 36.4 Å². The van der Waals surface area contributed by atoms with E-state index in [0.29, 0.717) is 74.2 Å². The predicted molar refractivity (Wildman–Crippen MR) is 147 cm³/mol. The number of carbonyl (C=O) groups excluding carboxylic acids is 1. The number of amides is 1. The molecule has 1 heterocycles. The van der Waals surface area contributed by atoms with Crippen molar-refractivity contribution >= 4 is 34.8 Å². The molecule has 210 valence electrons. The van der Waals surface area contributed by atoms with E-state index in [-0.39, 0.29) is 17.9 Å². The van der Waals surface area contributed by atoms with E-state index in [2.05, 4.69) is 24.1 Å². The number of halogens is 5. The maximum absolute atomic E-state index is 13.6. The second-order valence-electron chi connectivity index (χ2n) is 10.0. The maximum atomic E-state index is 13.6. The number of benzene rings is 2. The van der Waals surface area contributed by atoms with Gasteiger partial charge in [-0.3, -0.25) is 4.79 Å². The minimum Gasteiger partial charge on any atom is -0.383 e. The van der Waals surface area contributed by atoms with Gasteiger partial charge in [0.15, 0.2) is 0 Å². The van der Waals surface area contributed by atoms with E-state index in [1.54, 1.807) is 25.3 Å². The summed E-state index contributed by atoms with van der Waals surface area (Å²) in [6, 6.07) is 8.99. The number of aryl methyl sites for hydroxylation is 1. The molecule has 5 nitrogen and oxygen atoms in total. The molecule has 0 aromatic heterocycles. The molecule has 1 atom stereocenters. The fraction of sp³-hybridized carbons (Fsp3) is 0.536. The largest absolute Gasteiger partial charge is 0.416 e. The van der Waals surface area contributed by atoms with Crippen LogP contribution in [0.2, 0.25) is 10.0 Å². The standard InChI is InChI=1S/C28H36Cl2F3N3O2/c1-19(2)16-25(34-10-15-38-3)23-17-21(28(31,32)33)6-8-26(23)35-11-13-36(14-12-35)27(37)9-5-20-4-7-22(29)18-24(20)30/h4,6-8,17-19,25,34H,5,9-16H2,1-3H3/t25-/m0/s1. The first-order chi connectivity index (χ1) is 18.0. The molecular weight excluding hydrogens is 538 g/mol. The lowest BCUT2D eigenvalue weighted by molar-refractivity contribution is -0.137. The summed E-state index contributed by atoms with van der Waals surface area (Å²) in [4.78, 5) is 16.8. The first-order valence-corrected chi connectivity index (χ1v) is 13.6. The van der Waals surface area contributed by atoms with Crippen molar-refractivity contribution in [1.82, 2.24) is 10.2 Å². The molecule has 2 aromatic carbocycles. The monoisotopic (exact) mass is 573 g/mol. The van der Waals surface area contributed by atoms with Crippen molar-refractivity contribution in [2.45, 2.75) is 45.3 Å². The molecule has 0 saturated carbocycles. The Morgan fingerprint density at radius 3 is 2.39 bits per heavy atom. The summed E-state index contributed by atoms with van der Waals surface area (Å²) in [5.41, 5.74) is 1.61. The Labute approximate surface area is 233 Å². The summed E-state index contributed by atoms with van der Waals surface area (Å²) >= 11 is 12.2. The van der Waals surface area contributed by atoms with E-state index < -0.39 is 11.7 Å². The van der Waals surface area contributed by atoms with E-state index in [0.717, 1.165) is 17.3 Å². The Morgan fingerprint density at radius 1 is 1.08 bits per heavy atom. The van der Waals surface area contributed by atoms with Crippen molar-refractivity contribution in [3.8, 4) is 0 Å². The highest BCUT2D eigenvalue weighted by Crippen LogP contribution is 2.37. The fourth-order valence-electron chi connectivity index (χ4n) is 4.75. The molecule has 1 aliphatic rings. The van der Waals surface area contributed by atoms with Gasteiger partial charge in [0.2, 0.25) is 5.91 Å². The number of methoxy groups -OCH3 is 1. The molecule has 2 aromatic rings. The first-order valence-electron chi connectivity index (χ1n) is 12.9. The molecule has 0 spiro atoms. The third-order valence-electron chi connectivity index (χ3n) is 6.73. The van der Waals surface area contributed by atoms with Crippen LogP contribution in [-0.2, 0) is 22.1 Å². The summed E-state index contributed by atoms with van der Waals surface area (Å²) in [6.07, 6.45) is -2.90. The number of rotatable bonds is 11. The van der Waals surface area contributed by atoms with Crippen molar-refractivity contribution < 1.29 is 22.7 Å². The minimum atomic E-state index is -4.43. The van der Waals surface area contributed by atoms with Gasteiger partial charge >= 0.3 is 6.18 Å². The van der Waals surface area contributed by atoms with E-state index in [9.17, 15) is 18.0 Å². The van der Waals surface area contributed by atoms with Crippen molar-refractivity contribution in [3.05, 3.63) is 63.1 Å². The number of alkyl halides is 3. The zero-order valence-corrected chi connectivity index (χ0v) is 23.6. The van der Waals surface area contributed by atoms with Gasteiger partial charge in [-0.25, -0.2) is 0 Å². The van der Waals surface area contributed by atoms with Crippen molar-refractivity contribution in [2.75, 3.05) is 51.3 Å². The molecule has 1 saturated heterocycles. The number of anilines is 1. The second-order valence-corrected chi connectivity index (χ2v) is 10.8. The van der Waals surface area contributed by atoms with Crippen LogP contribution in [0.25, 0.3) is 0 Å². The quantitative estimate of drug-likeness (QED) is 0.307. The molecule has 0 unspecified atom stereocenters. The van der Waals surface area contributed by atoms with Gasteiger partial charge < -0.3 is 19.9 Å². The third kappa shape index (κ3) is 8.50. The first kappa shape index (κ1) is 30.5. The van der Waals surface area contributed by atoms with Crippen LogP contribution in [0.5, 0.6) is 0 Å². The molecule has 1 fully saturated rings.